The summed E-state index contributed by atoms with van der Waals surface area (Å²) in [4.78, 5) is 0. The van der Waals surface area contributed by atoms with Crippen LogP contribution in [-0.4, -0.2) is 0 Å². The summed E-state index contributed by atoms with van der Waals surface area (Å²) in [5.74, 6) is 0.662. The number of aryl methyl sites for hydroxylation is 2. The second kappa shape index (κ2) is 8.60. The molecule has 0 saturated heterocycles. The first kappa shape index (κ1) is 21.7. The molecule has 0 aromatic heterocycles. The van der Waals surface area contributed by atoms with E-state index in [1.807, 2.05) is 0 Å². The van der Waals surface area contributed by atoms with Crippen molar-refractivity contribution >= 4 is 0 Å². The summed E-state index contributed by atoms with van der Waals surface area (Å²) in [6.45, 7) is 9.14. The van der Waals surface area contributed by atoms with Gasteiger partial charge in [0.25, 0.3) is 0 Å². The molecule has 2 aliphatic rings. The Morgan fingerprint density at radius 2 is 1.42 bits per heavy atom. The zero-order valence-corrected chi connectivity index (χ0v) is 19.7. The first-order chi connectivity index (χ1) is 11.5. The molecule has 0 bridgehead atoms. The molecule has 0 unspecified atom stereocenters. The quantitative estimate of drug-likeness (QED) is 0.617. The van der Waals surface area contributed by atoms with Gasteiger partial charge in [-0.2, -0.15) is 0 Å². The second-order valence-corrected chi connectivity index (χ2v) is 11.1. The predicted octanol–water partition coefficient (Wildman–Crippen LogP) is 0.334. The van der Waals surface area contributed by atoms with Gasteiger partial charge in [-0.1, -0.05) is 0 Å². The Kier molecular flexibility index (Phi) is 7.17. The van der Waals surface area contributed by atoms with Crippen molar-refractivity contribution in [1.82, 2.24) is 0 Å². The van der Waals surface area contributed by atoms with Crippen LogP contribution in [0, 0.1) is 19.8 Å². The fraction of sp³-hybridized carbons (Fsp3) is 0.304. The Morgan fingerprint density at radius 1 is 0.885 bits per heavy atom. The van der Waals surface area contributed by atoms with Crippen LogP contribution in [0.2, 0.25) is 0 Å². The number of benzene rings is 2. The van der Waals surface area contributed by atoms with Crippen molar-refractivity contribution in [1.29, 1.82) is 0 Å². The van der Waals surface area contributed by atoms with Crippen molar-refractivity contribution in [3.8, 4) is 11.1 Å². The topological polar surface area (TPSA) is 0 Å². The van der Waals surface area contributed by atoms with Crippen LogP contribution in [-0.2, 0) is 23.2 Å². The van der Waals surface area contributed by atoms with Gasteiger partial charge in [0.05, 0.1) is 0 Å². The molecule has 0 heterocycles. The SMILES string of the molecule is Cc1ccc2c(c1)[CH]([Zr+2][C]1=C(C(C)C)C=CC1)c1cc(C)ccc1-2.[Cl-].[Cl-]. The van der Waals surface area contributed by atoms with E-state index < -0.39 is 23.2 Å². The molecule has 134 valence electrons. The number of hydrogen-bond acceptors (Lipinski definition) is 0. The maximum atomic E-state index is 2.45. The van der Waals surface area contributed by atoms with Gasteiger partial charge in [0.2, 0.25) is 0 Å². The third kappa shape index (κ3) is 3.82. The van der Waals surface area contributed by atoms with E-state index in [0.717, 1.165) is 0 Å². The Bertz CT molecular complexity index is 826. The van der Waals surface area contributed by atoms with E-state index >= 15 is 0 Å². The smallest absolute Gasteiger partial charge is 1.00 e. The van der Waals surface area contributed by atoms with Gasteiger partial charge < -0.3 is 24.8 Å². The van der Waals surface area contributed by atoms with E-state index in [4.69, 9.17) is 0 Å². The van der Waals surface area contributed by atoms with Gasteiger partial charge in [0, 0.05) is 0 Å². The van der Waals surface area contributed by atoms with Crippen LogP contribution in [0.3, 0.4) is 0 Å². The monoisotopic (exact) mass is 460 g/mol. The van der Waals surface area contributed by atoms with Crippen LogP contribution >= 0.6 is 0 Å². The minimum Gasteiger partial charge on any atom is -1.00 e. The summed E-state index contributed by atoms with van der Waals surface area (Å²) in [5, 5.41) is 0. The molecular weight excluding hydrogens is 438 g/mol. The Morgan fingerprint density at radius 3 is 1.92 bits per heavy atom. The molecule has 0 nitrogen and oxygen atoms in total. The molecular formula is C23H24Cl2Zr. The van der Waals surface area contributed by atoms with Crippen molar-refractivity contribution < 1.29 is 48.0 Å². The maximum Gasteiger partial charge on any atom is -1.00 e. The van der Waals surface area contributed by atoms with E-state index in [1.54, 1.807) is 20.0 Å². The van der Waals surface area contributed by atoms with Gasteiger partial charge in [-0.3, -0.25) is 0 Å². The first-order valence-corrected chi connectivity index (χ1v) is 11.6. The summed E-state index contributed by atoms with van der Waals surface area (Å²) in [7, 11) is 0. The number of rotatable bonds is 3. The molecule has 2 aliphatic carbocycles. The third-order valence-corrected chi connectivity index (χ3v) is 9.54. The van der Waals surface area contributed by atoms with Gasteiger partial charge in [-0.15, -0.1) is 0 Å². The number of fused-ring (bicyclic) bond motifs is 3. The number of hydrogen-bond donors (Lipinski definition) is 0. The summed E-state index contributed by atoms with van der Waals surface area (Å²) in [6, 6.07) is 14.1. The van der Waals surface area contributed by atoms with Gasteiger partial charge in [-0.05, 0) is 0 Å². The minimum absolute atomic E-state index is 0. The van der Waals surface area contributed by atoms with Crippen molar-refractivity contribution in [2.45, 2.75) is 37.7 Å². The number of allylic oxidation sites excluding steroid dienone is 4. The third-order valence-electron chi connectivity index (χ3n) is 5.23. The first-order valence-electron chi connectivity index (χ1n) is 8.92. The molecule has 0 fully saturated rings. The van der Waals surface area contributed by atoms with E-state index in [0.29, 0.717) is 9.54 Å². The summed E-state index contributed by atoms with van der Waals surface area (Å²) in [6.07, 6.45) is 5.98. The predicted molar refractivity (Wildman–Crippen MR) is 98.8 cm³/mol. The molecule has 0 spiro atoms. The van der Waals surface area contributed by atoms with E-state index in [1.165, 1.54) is 28.7 Å². The molecule has 26 heavy (non-hydrogen) atoms. The standard InChI is InChI=1S/C15H13.C8H11.2ClH.Zr/c1-10-3-5-14-12(7-10)9-13-8-11(2)4-6-15(13)14;1-7(2)8-5-3-4-6-8;;;/h3-9H,1-2H3;3,5,7H,4H2,1-2H3;2*1H;/q;;;;+2/p-2. The van der Waals surface area contributed by atoms with Crippen LogP contribution in [0.1, 0.15) is 46.1 Å². The average molecular weight is 463 g/mol. The molecule has 0 aliphatic heterocycles. The van der Waals surface area contributed by atoms with Crippen molar-refractivity contribution in [3.05, 3.63) is 79.7 Å². The van der Waals surface area contributed by atoms with Gasteiger partial charge in [0.1, 0.15) is 0 Å². The average Bonchev–Trinajstić information content (AvgIpc) is 3.11. The van der Waals surface area contributed by atoms with Crippen LogP contribution in [0.15, 0.2) is 57.4 Å². The maximum absolute atomic E-state index is 2.45. The Balaban J connectivity index is 0.00000121. The largest absolute Gasteiger partial charge is 1.00 e. The molecule has 2 aromatic rings. The molecule has 0 N–H and O–H groups in total. The molecule has 0 atom stereocenters. The van der Waals surface area contributed by atoms with Gasteiger partial charge in [-0.25, -0.2) is 0 Å². The fourth-order valence-corrected chi connectivity index (χ4v) is 8.73. The normalized spacial score (nSPS) is 14.7. The van der Waals surface area contributed by atoms with Crippen LogP contribution < -0.4 is 24.8 Å². The summed E-state index contributed by atoms with van der Waals surface area (Å²) in [5.41, 5.74) is 10.6. The molecule has 0 amide bonds. The Labute approximate surface area is 181 Å². The molecule has 0 radical (unpaired) electrons. The van der Waals surface area contributed by atoms with Gasteiger partial charge in [0.15, 0.2) is 0 Å². The van der Waals surface area contributed by atoms with Crippen molar-refractivity contribution in [2.75, 3.05) is 0 Å². The summed E-state index contributed by atoms with van der Waals surface area (Å²) >= 11 is -0.698. The zero-order chi connectivity index (χ0) is 16.8. The fourth-order valence-electron chi connectivity index (χ4n) is 4.04. The molecule has 2 aromatic carbocycles. The number of halogens is 2. The molecule has 3 heteroatoms. The zero-order valence-electron chi connectivity index (χ0n) is 15.7. The van der Waals surface area contributed by atoms with Crippen LogP contribution in [0.25, 0.3) is 11.1 Å². The van der Waals surface area contributed by atoms with Crippen molar-refractivity contribution in [2.24, 2.45) is 5.92 Å². The molecule has 0 saturated carbocycles. The van der Waals surface area contributed by atoms with E-state index in [9.17, 15) is 0 Å². The summed E-state index contributed by atoms with van der Waals surface area (Å²) < 4.78 is 2.49. The van der Waals surface area contributed by atoms with Gasteiger partial charge >= 0.3 is 158 Å². The molecule has 4 rings (SSSR count). The van der Waals surface area contributed by atoms with Crippen LogP contribution in [0.5, 0.6) is 0 Å². The Hall–Kier alpha value is -0.617. The van der Waals surface area contributed by atoms with Crippen LogP contribution in [0.4, 0.5) is 0 Å². The second-order valence-electron chi connectivity index (χ2n) is 7.45. The van der Waals surface area contributed by atoms with E-state index in [-0.39, 0.29) is 24.8 Å². The van der Waals surface area contributed by atoms with E-state index in [2.05, 4.69) is 76.2 Å². The van der Waals surface area contributed by atoms with Crippen molar-refractivity contribution in [3.63, 3.8) is 0 Å². The minimum atomic E-state index is -0.698.